The maximum Gasteiger partial charge on any atom is 0.0555 e. The lowest BCUT2D eigenvalue weighted by Crippen LogP contribution is -2.23. The summed E-state index contributed by atoms with van der Waals surface area (Å²) in [6.45, 7) is 4.67. The Morgan fingerprint density at radius 3 is 2.76 bits per heavy atom. The molecule has 2 aromatic rings. The summed E-state index contributed by atoms with van der Waals surface area (Å²) in [6.07, 6.45) is 2.42. The third-order valence-corrected chi connectivity index (χ3v) is 4.16. The first-order valence-electron chi connectivity index (χ1n) is 7.40. The molecular weight excluding hydrogens is 276 g/mol. The van der Waals surface area contributed by atoms with Gasteiger partial charge in [-0.15, -0.1) is 11.3 Å². The molecule has 0 spiro atoms. The molecule has 1 heterocycles. The van der Waals surface area contributed by atoms with Crippen LogP contribution in [-0.4, -0.2) is 13.1 Å². The Balaban J connectivity index is 2.09. The van der Waals surface area contributed by atoms with Crippen LogP contribution in [0.5, 0.6) is 0 Å². The number of thiophene rings is 1. The molecular formula is C18H22N2S. The van der Waals surface area contributed by atoms with E-state index in [0.29, 0.717) is 6.54 Å². The standard InChI is InChI=1S/C18H22N2S/c1-2-3-12-20(17-9-5-4-6-10-17)14-18-13-16(15-21-18)8-7-11-19/h4-6,9-10,13,15H,2-3,11-12,14,19H2,1H3. The summed E-state index contributed by atoms with van der Waals surface area (Å²) in [5, 5.41) is 2.11. The predicted octanol–water partition coefficient (Wildman–Crippen LogP) is 3.87. The molecule has 0 aliphatic heterocycles. The van der Waals surface area contributed by atoms with Gasteiger partial charge in [-0.3, -0.25) is 0 Å². The maximum absolute atomic E-state index is 5.42. The van der Waals surface area contributed by atoms with Crippen LogP contribution in [0.3, 0.4) is 0 Å². The van der Waals surface area contributed by atoms with Crippen LogP contribution in [0.1, 0.15) is 30.2 Å². The molecule has 0 saturated heterocycles. The highest BCUT2D eigenvalue weighted by Gasteiger charge is 2.08. The zero-order valence-electron chi connectivity index (χ0n) is 12.5. The third-order valence-electron chi connectivity index (χ3n) is 3.24. The molecule has 0 radical (unpaired) electrons. The molecule has 0 saturated carbocycles. The van der Waals surface area contributed by atoms with Gasteiger partial charge < -0.3 is 10.6 Å². The first-order valence-corrected chi connectivity index (χ1v) is 8.27. The van der Waals surface area contributed by atoms with Crippen molar-refractivity contribution in [3.05, 3.63) is 52.2 Å². The minimum absolute atomic E-state index is 0.415. The number of hydrogen-bond donors (Lipinski definition) is 1. The van der Waals surface area contributed by atoms with Gasteiger partial charge in [0.1, 0.15) is 0 Å². The molecule has 0 unspecified atom stereocenters. The molecule has 0 aliphatic carbocycles. The minimum atomic E-state index is 0.415. The molecule has 1 aromatic carbocycles. The molecule has 2 nitrogen and oxygen atoms in total. The summed E-state index contributed by atoms with van der Waals surface area (Å²) in [4.78, 5) is 3.78. The number of hydrogen-bond acceptors (Lipinski definition) is 3. The normalized spacial score (nSPS) is 10.0. The van der Waals surface area contributed by atoms with Gasteiger partial charge in [0.05, 0.1) is 13.1 Å². The van der Waals surface area contributed by atoms with Crippen molar-refractivity contribution < 1.29 is 0 Å². The van der Waals surface area contributed by atoms with Crippen LogP contribution in [0.4, 0.5) is 5.69 Å². The fraction of sp³-hybridized carbons (Fsp3) is 0.333. The molecule has 2 N–H and O–H groups in total. The van der Waals surface area contributed by atoms with Gasteiger partial charge in [0.2, 0.25) is 0 Å². The Labute approximate surface area is 131 Å². The van der Waals surface area contributed by atoms with Gasteiger partial charge in [-0.25, -0.2) is 0 Å². The van der Waals surface area contributed by atoms with E-state index in [1.54, 1.807) is 11.3 Å². The smallest absolute Gasteiger partial charge is 0.0555 e. The first kappa shape index (κ1) is 15.6. The van der Waals surface area contributed by atoms with Crippen LogP contribution in [0.15, 0.2) is 41.8 Å². The fourth-order valence-electron chi connectivity index (χ4n) is 2.16. The summed E-state index contributed by atoms with van der Waals surface area (Å²) in [5.41, 5.74) is 7.78. The Bertz CT molecular complexity index is 592. The average molecular weight is 298 g/mol. The fourth-order valence-corrected chi connectivity index (χ4v) is 2.99. The zero-order chi connectivity index (χ0) is 14.9. The van der Waals surface area contributed by atoms with E-state index in [1.807, 2.05) is 0 Å². The van der Waals surface area contributed by atoms with E-state index in [2.05, 4.69) is 65.4 Å². The largest absolute Gasteiger partial charge is 0.366 e. The van der Waals surface area contributed by atoms with Gasteiger partial charge >= 0.3 is 0 Å². The van der Waals surface area contributed by atoms with Gasteiger partial charge in [-0.1, -0.05) is 43.4 Å². The van der Waals surface area contributed by atoms with Crippen molar-refractivity contribution in [2.45, 2.75) is 26.3 Å². The molecule has 0 amide bonds. The van der Waals surface area contributed by atoms with E-state index in [1.165, 1.54) is 23.4 Å². The molecule has 1 aromatic heterocycles. The van der Waals surface area contributed by atoms with E-state index in [9.17, 15) is 0 Å². The highest BCUT2D eigenvalue weighted by atomic mass is 32.1. The van der Waals surface area contributed by atoms with E-state index in [-0.39, 0.29) is 0 Å². The minimum Gasteiger partial charge on any atom is -0.366 e. The van der Waals surface area contributed by atoms with Gasteiger partial charge in [0.15, 0.2) is 0 Å². The van der Waals surface area contributed by atoms with Crippen LogP contribution in [0.25, 0.3) is 0 Å². The van der Waals surface area contributed by atoms with Crippen molar-refractivity contribution in [1.82, 2.24) is 0 Å². The Morgan fingerprint density at radius 1 is 1.24 bits per heavy atom. The van der Waals surface area contributed by atoms with Crippen LogP contribution < -0.4 is 10.6 Å². The number of para-hydroxylation sites is 1. The SMILES string of the molecule is CCCCN(Cc1cc(C#CCN)cs1)c1ccccc1. The van der Waals surface area contributed by atoms with Crippen LogP contribution in [0, 0.1) is 11.8 Å². The lowest BCUT2D eigenvalue weighted by Gasteiger charge is -2.24. The topological polar surface area (TPSA) is 29.3 Å². The van der Waals surface area contributed by atoms with Crippen molar-refractivity contribution in [2.24, 2.45) is 5.73 Å². The number of unbranched alkanes of at least 4 members (excludes halogenated alkanes) is 1. The summed E-state index contributed by atoms with van der Waals surface area (Å²) < 4.78 is 0. The molecule has 2 rings (SSSR count). The van der Waals surface area contributed by atoms with E-state index in [0.717, 1.165) is 18.7 Å². The lowest BCUT2D eigenvalue weighted by molar-refractivity contribution is 0.720. The van der Waals surface area contributed by atoms with E-state index in [4.69, 9.17) is 5.73 Å². The number of benzene rings is 1. The van der Waals surface area contributed by atoms with Crippen molar-refractivity contribution in [1.29, 1.82) is 0 Å². The molecule has 0 aliphatic rings. The number of nitrogens with zero attached hydrogens (tertiary/aromatic N) is 1. The Hall–Kier alpha value is -1.76. The quantitative estimate of drug-likeness (QED) is 0.820. The van der Waals surface area contributed by atoms with Crippen LogP contribution in [-0.2, 0) is 6.54 Å². The van der Waals surface area contributed by atoms with Gasteiger partial charge in [-0.2, -0.15) is 0 Å². The molecule has 0 bridgehead atoms. The van der Waals surface area contributed by atoms with Crippen molar-refractivity contribution in [2.75, 3.05) is 18.0 Å². The molecule has 0 fully saturated rings. The van der Waals surface area contributed by atoms with Crippen molar-refractivity contribution >= 4 is 17.0 Å². The monoisotopic (exact) mass is 298 g/mol. The molecule has 21 heavy (non-hydrogen) atoms. The zero-order valence-corrected chi connectivity index (χ0v) is 13.3. The van der Waals surface area contributed by atoms with Crippen LogP contribution in [0.2, 0.25) is 0 Å². The molecule has 0 atom stereocenters. The number of rotatable bonds is 6. The summed E-state index contributed by atoms with van der Waals surface area (Å²) in [7, 11) is 0. The van der Waals surface area contributed by atoms with Crippen LogP contribution >= 0.6 is 11.3 Å². The second-order valence-corrected chi connectivity index (χ2v) is 5.91. The summed E-state index contributed by atoms with van der Waals surface area (Å²) in [6, 6.07) is 12.8. The third kappa shape index (κ3) is 4.93. The summed E-state index contributed by atoms with van der Waals surface area (Å²) in [5.74, 6) is 6.01. The lowest BCUT2D eigenvalue weighted by atomic mass is 10.2. The Kier molecular flexibility index (Phi) is 6.33. The van der Waals surface area contributed by atoms with Gasteiger partial charge in [-0.05, 0) is 24.6 Å². The van der Waals surface area contributed by atoms with Crippen molar-refractivity contribution in [3.63, 3.8) is 0 Å². The first-order chi connectivity index (χ1) is 10.3. The highest BCUT2D eigenvalue weighted by Crippen LogP contribution is 2.21. The average Bonchev–Trinajstić information content (AvgIpc) is 2.97. The number of nitrogens with two attached hydrogens (primary N) is 1. The number of anilines is 1. The molecule has 110 valence electrons. The van der Waals surface area contributed by atoms with E-state index >= 15 is 0 Å². The second kappa shape index (κ2) is 8.51. The van der Waals surface area contributed by atoms with Crippen molar-refractivity contribution in [3.8, 4) is 11.8 Å². The van der Waals surface area contributed by atoms with E-state index < -0.39 is 0 Å². The second-order valence-electron chi connectivity index (χ2n) is 4.92. The molecule has 3 heteroatoms. The summed E-state index contributed by atoms with van der Waals surface area (Å²) >= 11 is 1.77. The predicted molar refractivity (Wildman–Crippen MR) is 92.7 cm³/mol. The Morgan fingerprint density at radius 2 is 2.05 bits per heavy atom. The maximum atomic E-state index is 5.42. The highest BCUT2D eigenvalue weighted by molar-refractivity contribution is 7.10. The van der Waals surface area contributed by atoms with Gasteiger partial charge in [0.25, 0.3) is 0 Å². The van der Waals surface area contributed by atoms with Gasteiger partial charge in [0, 0.05) is 28.1 Å².